The Labute approximate surface area is 124 Å². The van der Waals surface area contributed by atoms with Crippen molar-refractivity contribution in [2.24, 2.45) is 0 Å². The number of benzene rings is 1. The van der Waals surface area contributed by atoms with Gasteiger partial charge < -0.3 is 8.98 Å². The molecule has 3 aromatic rings. The Morgan fingerprint density at radius 1 is 1.45 bits per heavy atom. The third kappa shape index (κ3) is 2.30. The Kier molecular flexibility index (Phi) is 3.44. The smallest absolute Gasteiger partial charge is 0.144 e. The van der Waals surface area contributed by atoms with E-state index < -0.39 is 5.82 Å². The summed E-state index contributed by atoms with van der Waals surface area (Å²) in [6.45, 7) is 2.34. The second-order valence-electron chi connectivity index (χ2n) is 4.56. The van der Waals surface area contributed by atoms with Gasteiger partial charge in [0.15, 0.2) is 0 Å². The fraction of sp³-hybridized carbons (Fsp3) is 0.214. The van der Waals surface area contributed by atoms with E-state index in [9.17, 15) is 4.39 Å². The molecule has 2 aromatic heterocycles. The summed E-state index contributed by atoms with van der Waals surface area (Å²) in [7, 11) is 0. The van der Waals surface area contributed by atoms with Gasteiger partial charge in [0.1, 0.15) is 11.6 Å². The van der Waals surface area contributed by atoms with E-state index >= 15 is 0 Å². The predicted octanol–water partition coefficient (Wildman–Crippen LogP) is 4.77. The molecule has 0 saturated heterocycles. The molecule has 0 radical (unpaired) electrons. The van der Waals surface area contributed by atoms with Crippen LogP contribution in [0.15, 0.2) is 35.1 Å². The summed E-state index contributed by atoms with van der Waals surface area (Å²) >= 11 is 12.0. The number of nitrogens with zero attached hydrogens (tertiary/aromatic N) is 2. The van der Waals surface area contributed by atoms with Crippen LogP contribution in [0.25, 0.3) is 11.0 Å². The Hall–Kier alpha value is -1.52. The molecular formula is C14H11Cl2FN2O. The maximum atomic E-state index is 13.7. The second-order valence-corrected chi connectivity index (χ2v) is 5.62. The molecule has 104 valence electrons. The van der Waals surface area contributed by atoms with Gasteiger partial charge in [0.25, 0.3) is 0 Å². The summed E-state index contributed by atoms with van der Waals surface area (Å²) in [6.07, 6.45) is 3.23. The molecule has 0 saturated carbocycles. The van der Waals surface area contributed by atoms with Crippen molar-refractivity contribution in [1.29, 1.82) is 0 Å². The molecule has 3 rings (SSSR count). The molecular weight excluding hydrogens is 302 g/mol. The predicted molar refractivity (Wildman–Crippen MR) is 76.8 cm³/mol. The van der Waals surface area contributed by atoms with E-state index in [1.807, 2.05) is 17.6 Å². The molecule has 0 aliphatic heterocycles. The first-order valence-corrected chi connectivity index (χ1v) is 6.88. The molecule has 1 aromatic carbocycles. The van der Waals surface area contributed by atoms with E-state index in [1.54, 1.807) is 12.5 Å². The minimum absolute atomic E-state index is 0.0548. The van der Waals surface area contributed by atoms with Gasteiger partial charge in [0.05, 0.1) is 40.5 Å². The van der Waals surface area contributed by atoms with Crippen LogP contribution in [0.1, 0.15) is 23.7 Å². The average molecular weight is 313 g/mol. The summed E-state index contributed by atoms with van der Waals surface area (Å²) < 4.78 is 20.6. The molecule has 0 aliphatic carbocycles. The number of hydrogen-bond donors (Lipinski definition) is 0. The van der Waals surface area contributed by atoms with Crippen LogP contribution in [-0.4, -0.2) is 9.55 Å². The van der Waals surface area contributed by atoms with Crippen LogP contribution in [-0.2, 0) is 6.54 Å². The largest absolute Gasteiger partial charge is 0.472 e. The van der Waals surface area contributed by atoms with Crippen molar-refractivity contribution in [2.75, 3.05) is 0 Å². The lowest BCUT2D eigenvalue weighted by molar-refractivity contribution is 0.562. The van der Waals surface area contributed by atoms with Gasteiger partial charge in [-0.15, -0.1) is 11.6 Å². The first-order valence-electron chi connectivity index (χ1n) is 6.06. The van der Waals surface area contributed by atoms with Crippen molar-refractivity contribution in [3.8, 4) is 0 Å². The van der Waals surface area contributed by atoms with Gasteiger partial charge in [-0.05, 0) is 19.1 Å². The molecule has 20 heavy (non-hydrogen) atoms. The number of imidazole rings is 1. The normalized spacial score (nSPS) is 13.0. The Morgan fingerprint density at radius 2 is 2.25 bits per heavy atom. The topological polar surface area (TPSA) is 31.0 Å². The SMILES string of the molecule is CC(Cl)c1nc2cc(Cl)c(F)cc2n1Cc1ccoc1. The van der Waals surface area contributed by atoms with E-state index in [0.717, 1.165) is 5.56 Å². The van der Waals surface area contributed by atoms with Crippen molar-refractivity contribution in [3.63, 3.8) is 0 Å². The summed E-state index contributed by atoms with van der Waals surface area (Å²) in [6, 6.07) is 4.75. The van der Waals surface area contributed by atoms with Gasteiger partial charge in [-0.1, -0.05) is 11.6 Å². The van der Waals surface area contributed by atoms with Crippen LogP contribution in [0.4, 0.5) is 4.39 Å². The molecule has 0 bridgehead atoms. The van der Waals surface area contributed by atoms with Gasteiger partial charge in [0, 0.05) is 11.6 Å². The van der Waals surface area contributed by atoms with E-state index in [2.05, 4.69) is 4.98 Å². The van der Waals surface area contributed by atoms with Crippen LogP contribution in [0.3, 0.4) is 0 Å². The molecule has 0 spiro atoms. The molecule has 1 unspecified atom stereocenters. The molecule has 0 aliphatic rings. The third-order valence-corrected chi connectivity index (χ3v) is 3.58. The van der Waals surface area contributed by atoms with E-state index in [1.165, 1.54) is 12.1 Å². The van der Waals surface area contributed by atoms with Crippen LogP contribution in [0, 0.1) is 5.82 Å². The summed E-state index contributed by atoms with van der Waals surface area (Å²) in [5.41, 5.74) is 2.25. The Balaban J connectivity index is 2.20. The highest BCUT2D eigenvalue weighted by Crippen LogP contribution is 2.28. The first kappa shape index (κ1) is 13.5. The van der Waals surface area contributed by atoms with Gasteiger partial charge >= 0.3 is 0 Å². The Bertz CT molecular complexity index is 750. The van der Waals surface area contributed by atoms with Crippen LogP contribution in [0.5, 0.6) is 0 Å². The van der Waals surface area contributed by atoms with E-state index in [4.69, 9.17) is 27.6 Å². The number of rotatable bonds is 3. The summed E-state index contributed by atoms with van der Waals surface area (Å²) in [5.74, 6) is 0.200. The number of halogens is 3. The lowest BCUT2D eigenvalue weighted by Crippen LogP contribution is -2.05. The van der Waals surface area contributed by atoms with Crippen LogP contribution >= 0.6 is 23.2 Å². The zero-order valence-corrected chi connectivity index (χ0v) is 12.1. The minimum Gasteiger partial charge on any atom is -0.472 e. The highest BCUT2D eigenvalue weighted by Gasteiger charge is 2.17. The minimum atomic E-state index is -0.471. The molecule has 0 fully saturated rings. The highest BCUT2D eigenvalue weighted by molar-refractivity contribution is 6.31. The molecule has 0 N–H and O–H groups in total. The van der Waals surface area contributed by atoms with E-state index in [0.29, 0.717) is 23.4 Å². The number of furan rings is 1. The van der Waals surface area contributed by atoms with Gasteiger partial charge in [-0.3, -0.25) is 0 Å². The van der Waals surface area contributed by atoms with Crippen molar-refractivity contribution in [2.45, 2.75) is 18.8 Å². The lowest BCUT2D eigenvalue weighted by atomic mass is 10.3. The maximum absolute atomic E-state index is 13.7. The quantitative estimate of drug-likeness (QED) is 0.652. The first-order chi connectivity index (χ1) is 9.56. The fourth-order valence-electron chi connectivity index (χ4n) is 2.17. The third-order valence-electron chi connectivity index (χ3n) is 3.10. The number of aromatic nitrogens is 2. The molecule has 3 nitrogen and oxygen atoms in total. The fourth-order valence-corrected chi connectivity index (χ4v) is 2.50. The summed E-state index contributed by atoms with van der Waals surface area (Å²) in [4.78, 5) is 4.44. The zero-order valence-electron chi connectivity index (χ0n) is 10.6. The van der Waals surface area contributed by atoms with Crippen LogP contribution < -0.4 is 0 Å². The van der Waals surface area contributed by atoms with Crippen molar-refractivity contribution in [3.05, 3.63) is 53.0 Å². The van der Waals surface area contributed by atoms with Crippen molar-refractivity contribution in [1.82, 2.24) is 9.55 Å². The number of alkyl halides is 1. The highest BCUT2D eigenvalue weighted by atomic mass is 35.5. The molecule has 0 amide bonds. The van der Waals surface area contributed by atoms with Gasteiger partial charge in [-0.2, -0.15) is 0 Å². The van der Waals surface area contributed by atoms with E-state index in [-0.39, 0.29) is 10.4 Å². The molecule has 2 heterocycles. The van der Waals surface area contributed by atoms with Crippen molar-refractivity contribution >= 4 is 34.2 Å². The average Bonchev–Trinajstić information content (AvgIpc) is 3.00. The van der Waals surface area contributed by atoms with Crippen LogP contribution in [0.2, 0.25) is 5.02 Å². The second kappa shape index (κ2) is 5.11. The number of hydrogen-bond acceptors (Lipinski definition) is 2. The van der Waals surface area contributed by atoms with Gasteiger partial charge in [-0.25, -0.2) is 9.37 Å². The monoisotopic (exact) mass is 312 g/mol. The number of fused-ring (bicyclic) bond motifs is 1. The standard InChI is InChI=1S/C14H11Cl2FN2O/c1-8(15)14-18-12-4-10(16)11(17)5-13(12)19(14)6-9-2-3-20-7-9/h2-5,7-8H,6H2,1H3. The molecule has 1 atom stereocenters. The molecule has 6 heteroatoms. The lowest BCUT2D eigenvalue weighted by Gasteiger charge is -2.09. The maximum Gasteiger partial charge on any atom is 0.144 e. The zero-order chi connectivity index (χ0) is 14.3. The van der Waals surface area contributed by atoms with Gasteiger partial charge in [0.2, 0.25) is 0 Å². The Morgan fingerprint density at radius 3 is 2.90 bits per heavy atom. The van der Waals surface area contributed by atoms with Crippen molar-refractivity contribution < 1.29 is 8.81 Å². The summed E-state index contributed by atoms with van der Waals surface area (Å²) in [5, 5.41) is -0.240.